The smallest absolute Gasteiger partial charge is 0.149 e. The Labute approximate surface area is 96.1 Å². The average Bonchev–Trinajstić information content (AvgIpc) is 2.45. The number of anilines is 1. The van der Waals surface area contributed by atoms with E-state index >= 15 is 0 Å². The number of hydrogen-bond acceptors (Lipinski definition) is 4. The lowest BCUT2D eigenvalue weighted by Crippen LogP contribution is -2.32. The number of aliphatic hydroxyl groups is 1. The van der Waals surface area contributed by atoms with Crippen molar-refractivity contribution in [2.24, 2.45) is 0 Å². The van der Waals surface area contributed by atoms with Gasteiger partial charge in [0.15, 0.2) is 0 Å². The van der Waals surface area contributed by atoms with Gasteiger partial charge in [-0.2, -0.15) is 5.10 Å². The predicted octanol–water partition coefficient (Wildman–Crippen LogP) is 1.89. The fourth-order valence-electron chi connectivity index (χ4n) is 2.18. The summed E-state index contributed by atoms with van der Waals surface area (Å²) in [5.74, 6) is 0.769. The zero-order valence-electron chi connectivity index (χ0n) is 9.69. The molecule has 1 aliphatic carbocycles. The summed E-state index contributed by atoms with van der Waals surface area (Å²) in [6, 6.07) is 2.09. The first kappa shape index (κ1) is 11.3. The Hall–Kier alpha value is -1.16. The fraction of sp³-hybridized carbons (Fsp3) is 0.667. The minimum atomic E-state index is -0.259. The van der Waals surface area contributed by atoms with Gasteiger partial charge in [0, 0.05) is 0 Å². The summed E-state index contributed by atoms with van der Waals surface area (Å²) >= 11 is 0. The van der Waals surface area contributed by atoms with Gasteiger partial charge in [-0.3, -0.25) is 0 Å². The van der Waals surface area contributed by atoms with Crippen LogP contribution < -0.4 is 5.32 Å². The van der Waals surface area contributed by atoms with Crippen LogP contribution in [0.25, 0.3) is 0 Å². The van der Waals surface area contributed by atoms with Gasteiger partial charge in [-0.1, -0.05) is 19.3 Å². The van der Waals surface area contributed by atoms with E-state index in [4.69, 9.17) is 0 Å². The van der Waals surface area contributed by atoms with E-state index in [0.29, 0.717) is 0 Å². The van der Waals surface area contributed by atoms with Gasteiger partial charge in [0.25, 0.3) is 0 Å². The van der Waals surface area contributed by atoms with Gasteiger partial charge >= 0.3 is 0 Å². The van der Waals surface area contributed by atoms with Crippen molar-refractivity contribution in [2.45, 2.75) is 51.2 Å². The maximum Gasteiger partial charge on any atom is 0.149 e. The van der Waals surface area contributed by atoms with Gasteiger partial charge in [-0.05, 0) is 31.4 Å². The summed E-state index contributed by atoms with van der Waals surface area (Å²) < 4.78 is 0. The molecule has 1 aromatic heterocycles. The first-order valence-electron chi connectivity index (χ1n) is 5.99. The Balaban J connectivity index is 2.02. The predicted molar refractivity (Wildman–Crippen MR) is 63.3 cm³/mol. The second-order valence-corrected chi connectivity index (χ2v) is 4.57. The van der Waals surface area contributed by atoms with Gasteiger partial charge < -0.3 is 10.4 Å². The third kappa shape index (κ3) is 2.92. The summed E-state index contributed by atoms with van der Waals surface area (Å²) in [5, 5.41) is 21.2. The highest BCUT2D eigenvalue weighted by atomic mass is 16.3. The summed E-state index contributed by atoms with van der Waals surface area (Å²) in [4.78, 5) is 0. The second-order valence-electron chi connectivity index (χ2n) is 4.57. The SMILES string of the molecule is Cc1cnnc(NC2CCCCCC2O)c1. The number of aliphatic hydroxyl groups excluding tert-OH is 1. The lowest BCUT2D eigenvalue weighted by atomic mass is 10.1. The van der Waals surface area contributed by atoms with E-state index in [-0.39, 0.29) is 12.1 Å². The molecule has 2 N–H and O–H groups in total. The normalized spacial score (nSPS) is 26.1. The molecule has 1 fully saturated rings. The Morgan fingerprint density at radius 1 is 1.31 bits per heavy atom. The van der Waals surface area contributed by atoms with Crippen LogP contribution in [0.4, 0.5) is 5.82 Å². The molecule has 0 bridgehead atoms. The Morgan fingerprint density at radius 3 is 2.94 bits per heavy atom. The molecule has 1 aliphatic rings. The molecule has 0 spiro atoms. The first-order valence-corrected chi connectivity index (χ1v) is 5.99. The zero-order valence-corrected chi connectivity index (χ0v) is 9.69. The molecule has 0 saturated heterocycles. The molecule has 0 amide bonds. The minimum absolute atomic E-state index is 0.124. The van der Waals surface area contributed by atoms with Gasteiger partial charge in [0.2, 0.25) is 0 Å². The van der Waals surface area contributed by atoms with E-state index in [2.05, 4.69) is 15.5 Å². The van der Waals surface area contributed by atoms with Gasteiger partial charge in [0.05, 0.1) is 18.3 Å². The number of hydrogen-bond donors (Lipinski definition) is 2. The van der Waals surface area contributed by atoms with Crippen LogP contribution in [0, 0.1) is 6.92 Å². The second kappa shape index (κ2) is 5.25. The molecule has 2 unspecified atom stereocenters. The minimum Gasteiger partial charge on any atom is -0.391 e. The van der Waals surface area contributed by atoms with E-state index < -0.39 is 0 Å². The monoisotopic (exact) mass is 221 g/mol. The average molecular weight is 221 g/mol. The van der Waals surface area contributed by atoms with Crippen molar-refractivity contribution in [3.8, 4) is 0 Å². The maximum absolute atomic E-state index is 9.97. The molecular weight excluding hydrogens is 202 g/mol. The molecule has 2 rings (SSSR count). The third-order valence-corrected chi connectivity index (χ3v) is 3.10. The number of nitrogens with one attached hydrogen (secondary N) is 1. The molecule has 2 atom stereocenters. The fourth-order valence-corrected chi connectivity index (χ4v) is 2.18. The van der Waals surface area contributed by atoms with Crippen LogP contribution in [0.3, 0.4) is 0 Å². The third-order valence-electron chi connectivity index (χ3n) is 3.10. The first-order chi connectivity index (χ1) is 7.75. The molecule has 16 heavy (non-hydrogen) atoms. The number of aromatic nitrogens is 2. The van der Waals surface area contributed by atoms with Gasteiger partial charge in [-0.25, -0.2) is 0 Å². The maximum atomic E-state index is 9.97. The highest BCUT2D eigenvalue weighted by Crippen LogP contribution is 2.20. The van der Waals surface area contributed by atoms with Crippen molar-refractivity contribution in [3.63, 3.8) is 0 Å². The van der Waals surface area contributed by atoms with E-state index in [0.717, 1.165) is 30.6 Å². The summed E-state index contributed by atoms with van der Waals surface area (Å²) in [5.41, 5.74) is 1.08. The Morgan fingerprint density at radius 2 is 2.12 bits per heavy atom. The van der Waals surface area contributed by atoms with Crippen LogP contribution in [0.2, 0.25) is 0 Å². The van der Waals surface area contributed by atoms with Crippen LogP contribution in [-0.2, 0) is 0 Å². The quantitative estimate of drug-likeness (QED) is 0.749. The molecule has 1 aromatic rings. The molecule has 1 saturated carbocycles. The lowest BCUT2D eigenvalue weighted by molar-refractivity contribution is 0.144. The standard InChI is InChI=1S/C12H19N3O/c1-9-7-12(15-13-8-9)14-10-5-3-2-4-6-11(10)16/h7-8,10-11,16H,2-6H2,1H3,(H,14,15). The summed E-state index contributed by atoms with van der Waals surface area (Å²) in [7, 11) is 0. The largest absolute Gasteiger partial charge is 0.391 e. The molecule has 4 nitrogen and oxygen atoms in total. The number of nitrogens with zero attached hydrogens (tertiary/aromatic N) is 2. The van der Waals surface area contributed by atoms with Gasteiger partial charge in [0.1, 0.15) is 5.82 Å². The van der Waals surface area contributed by atoms with Crippen molar-refractivity contribution in [1.82, 2.24) is 10.2 Å². The topological polar surface area (TPSA) is 58.0 Å². The van der Waals surface area contributed by atoms with E-state index in [1.54, 1.807) is 6.20 Å². The zero-order chi connectivity index (χ0) is 11.4. The van der Waals surface area contributed by atoms with Crippen LogP contribution in [0.5, 0.6) is 0 Å². The van der Waals surface area contributed by atoms with Crippen molar-refractivity contribution < 1.29 is 5.11 Å². The molecule has 0 aromatic carbocycles. The summed E-state index contributed by atoms with van der Waals surface area (Å²) in [6.07, 6.45) is 6.88. The van der Waals surface area contributed by atoms with Crippen LogP contribution in [0.15, 0.2) is 12.3 Å². The molecule has 0 radical (unpaired) electrons. The highest BCUT2D eigenvalue weighted by Gasteiger charge is 2.21. The van der Waals surface area contributed by atoms with Crippen LogP contribution >= 0.6 is 0 Å². The molecule has 4 heteroatoms. The van der Waals surface area contributed by atoms with E-state index in [1.807, 2.05) is 13.0 Å². The number of aryl methyl sites for hydroxylation is 1. The lowest BCUT2D eigenvalue weighted by Gasteiger charge is -2.22. The molecule has 88 valence electrons. The van der Waals surface area contributed by atoms with Crippen LogP contribution in [0.1, 0.15) is 37.7 Å². The van der Waals surface area contributed by atoms with Crippen LogP contribution in [-0.4, -0.2) is 27.4 Å². The van der Waals surface area contributed by atoms with Crippen molar-refractivity contribution >= 4 is 5.82 Å². The van der Waals surface area contributed by atoms with Gasteiger partial charge in [-0.15, -0.1) is 5.10 Å². The Kier molecular flexibility index (Phi) is 3.72. The number of rotatable bonds is 2. The molecular formula is C12H19N3O. The van der Waals surface area contributed by atoms with Crippen molar-refractivity contribution in [2.75, 3.05) is 5.32 Å². The van der Waals surface area contributed by atoms with Crippen molar-refractivity contribution in [3.05, 3.63) is 17.8 Å². The Bertz CT molecular complexity index is 343. The molecule has 0 aliphatic heterocycles. The van der Waals surface area contributed by atoms with Crippen molar-refractivity contribution in [1.29, 1.82) is 0 Å². The van der Waals surface area contributed by atoms with E-state index in [1.165, 1.54) is 12.8 Å². The summed E-state index contributed by atoms with van der Waals surface area (Å²) in [6.45, 7) is 1.99. The molecule has 1 heterocycles. The highest BCUT2D eigenvalue weighted by molar-refractivity contribution is 5.36. The van der Waals surface area contributed by atoms with E-state index in [9.17, 15) is 5.11 Å².